The number of carbonyl (C=O) groups is 1. The number of aryl methyl sites for hydroxylation is 1. The van der Waals surface area contributed by atoms with Gasteiger partial charge in [-0.3, -0.25) is 9.36 Å². The number of benzene rings is 1. The van der Waals surface area contributed by atoms with E-state index in [4.69, 9.17) is 4.74 Å². The van der Waals surface area contributed by atoms with E-state index in [1.54, 1.807) is 6.20 Å². The molecule has 1 aromatic heterocycles. The summed E-state index contributed by atoms with van der Waals surface area (Å²) in [4.78, 5) is 24.0. The second-order valence-electron chi connectivity index (χ2n) is 6.34. The van der Waals surface area contributed by atoms with E-state index < -0.39 is 11.5 Å². The standard InChI is InChI=1S/C19H21NO4/c1-13-2-4-16(5-3-13)20-12-15(10-14-6-8-24-9-7-14)11-17(18(20)21)19(22)23/h2-5,11-12,14H,6-10H2,1H3,(H,22,23). The van der Waals surface area contributed by atoms with Crippen LogP contribution in [0.1, 0.15) is 34.3 Å². The van der Waals surface area contributed by atoms with Crippen LogP contribution in [0.2, 0.25) is 0 Å². The predicted octanol–water partition coefficient (Wildman–Crippen LogP) is 2.81. The van der Waals surface area contributed by atoms with Gasteiger partial charge >= 0.3 is 5.97 Å². The van der Waals surface area contributed by atoms with Crippen molar-refractivity contribution in [1.29, 1.82) is 0 Å². The maximum Gasteiger partial charge on any atom is 0.341 e. The van der Waals surface area contributed by atoms with Gasteiger partial charge in [0, 0.05) is 25.1 Å². The highest BCUT2D eigenvalue weighted by Gasteiger charge is 2.18. The Hall–Kier alpha value is -2.40. The van der Waals surface area contributed by atoms with Gasteiger partial charge in [0.2, 0.25) is 0 Å². The zero-order valence-electron chi connectivity index (χ0n) is 13.7. The average molecular weight is 327 g/mol. The van der Waals surface area contributed by atoms with Crippen LogP contribution in [0.5, 0.6) is 0 Å². The first-order valence-electron chi connectivity index (χ1n) is 8.18. The zero-order valence-corrected chi connectivity index (χ0v) is 13.7. The third-order valence-corrected chi connectivity index (χ3v) is 4.48. The fourth-order valence-electron chi connectivity index (χ4n) is 3.08. The Labute approximate surface area is 140 Å². The number of ether oxygens (including phenoxy) is 1. The lowest BCUT2D eigenvalue weighted by molar-refractivity contribution is 0.0661. The van der Waals surface area contributed by atoms with Gasteiger partial charge in [-0.25, -0.2) is 4.79 Å². The lowest BCUT2D eigenvalue weighted by Gasteiger charge is -2.22. The van der Waals surface area contributed by atoms with Crippen molar-refractivity contribution in [1.82, 2.24) is 4.57 Å². The molecule has 5 nitrogen and oxygen atoms in total. The van der Waals surface area contributed by atoms with E-state index in [0.29, 0.717) is 11.6 Å². The predicted molar refractivity (Wildman–Crippen MR) is 91.0 cm³/mol. The van der Waals surface area contributed by atoms with E-state index in [9.17, 15) is 14.7 Å². The van der Waals surface area contributed by atoms with Crippen molar-refractivity contribution in [2.45, 2.75) is 26.2 Å². The smallest absolute Gasteiger partial charge is 0.341 e. The zero-order chi connectivity index (χ0) is 17.1. The minimum atomic E-state index is -1.19. The fraction of sp³-hybridized carbons (Fsp3) is 0.368. The molecule has 0 amide bonds. The summed E-state index contributed by atoms with van der Waals surface area (Å²) in [7, 11) is 0. The van der Waals surface area contributed by atoms with Crippen LogP contribution in [-0.4, -0.2) is 28.9 Å². The van der Waals surface area contributed by atoms with Crippen LogP contribution in [0.15, 0.2) is 41.3 Å². The quantitative estimate of drug-likeness (QED) is 0.937. The van der Waals surface area contributed by atoms with Crippen molar-refractivity contribution in [2.75, 3.05) is 13.2 Å². The normalized spacial score (nSPS) is 15.4. The molecule has 1 fully saturated rings. The third-order valence-electron chi connectivity index (χ3n) is 4.48. The second kappa shape index (κ2) is 7.01. The molecule has 0 radical (unpaired) electrons. The molecule has 1 N–H and O–H groups in total. The first-order valence-corrected chi connectivity index (χ1v) is 8.18. The molecular formula is C19H21NO4. The highest BCUT2D eigenvalue weighted by atomic mass is 16.5. The van der Waals surface area contributed by atoms with E-state index in [1.807, 2.05) is 31.2 Å². The van der Waals surface area contributed by atoms with E-state index >= 15 is 0 Å². The topological polar surface area (TPSA) is 68.5 Å². The summed E-state index contributed by atoms with van der Waals surface area (Å²) in [5.41, 5.74) is 1.97. The van der Waals surface area contributed by atoms with Gasteiger partial charge in [0.25, 0.3) is 5.56 Å². The number of aromatic carboxylic acids is 1. The Morgan fingerprint density at radius 2 is 1.92 bits per heavy atom. The van der Waals surface area contributed by atoms with Gasteiger partial charge in [-0.2, -0.15) is 0 Å². The van der Waals surface area contributed by atoms with Crippen LogP contribution in [0.25, 0.3) is 5.69 Å². The first kappa shape index (κ1) is 16.5. The molecule has 2 heterocycles. The Balaban J connectivity index is 2.01. The Morgan fingerprint density at radius 1 is 1.25 bits per heavy atom. The number of carboxylic acids is 1. The number of pyridine rings is 1. The number of hydrogen-bond donors (Lipinski definition) is 1. The van der Waals surface area contributed by atoms with Crippen LogP contribution in [0.4, 0.5) is 0 Å². The summed E-state index contributed by atoms with van der Waals surface area (Å²) in [5, 5.41) is 9.38. The molecular weight excluding hydrogens is 306 g/mol. The summed E-state index contributed by atoms with van der Waals surface area (Å²) < 4.78 is 6.82. The summed E-state index contributed by atoms with van der Waals surface area (Å²) in [6.07, 6.45) is 4.46. The van der Waals surface area contributed by atoms with Crippen molar-refractivity contribution in [3.05, 3.63) is 63.6 Å². The van der Waals surface area contributed by atoms with E-state index in [2.05, 4.69) is 0 Å². The molecule has 3 rings (SSSR count). The van der Waals surface area contributed by atoms with Crippen molar-refractivity contribution < 1.29 is 14.6 Å². The minimum Gasteiger partial charge on any atom is -0.477 e. The van der Waals surface area contributed by atoms with Gasteiger partial charge in [0.05, 0.1) is 0 Å². The molecule has 1 saturated heterocycles. The molecule has 1 aliphatic rings. The van der Waals surface area contributed by atoms with Crippen LogP contribution >= 0.6 is 0 Å². The third kappa shape index (κ3) is 3.57. The molecule has 24 heavy (non-hydrogen) atoms. The van der Waals surface area contributed by atoms with Gasteiger partial charge in [0.1, 0.15) is 5.56 Å². The number of hydrogen-bond acceptors (Lipinski definition) is 3. The summed E-state index contributed by atoms with van der Waals surface area (Å²) in [6, 6.07) is 9.01. The Morgan fingerprint density at radius 3 is 2.54 bits per heavy atom. The molecule has 0 saturated carbocycles. The van der Waals surface area contributed by atoms with Gasteiger partial charge in [-0.1, -0.05) is 17.7 Å². The molecule has 0 bridgehead atoms. The summed E-state index contributed by atoms with van der Waals surface area (Å²) in [5.74, 6) is -0.723. The van der Waals surface area contributed by atoms with Crippen LogP contribution in [0.3, 0.4) is 0 Å². The van der Waals surface area contributed by atoms with Crippen molar-refractivity contribution in [3.8, 4) is 5.69 Å². The highest BCUT2D eigenvalue weighted by molar-refractivity contribution is 5.87. The number of rotatable bonds is 4. The monoisotopic (exact) mass is 327 g/mol. The van der Waals surface area contributed by atoms with E-state index in [0.717, 1.165) is 43.6 Å². The second-order valence-corrected chi connectivity index (χ2v) is 6.34. The number of carboxylic acid groups (broad SMARTS) is 1. The SMILES string of the molecule is Cc1ccc(-n2cc(CC3CCOCC3)cc(C(=O)O)c2=O)cc1. The van der Waals surface area contributed by atoms with Crippen LogP contribution in [-0.2, 0) is 11.2 Å². The largest absolute Gasteiger partial charge is 0.477 e. The number of nitrogens with zero attached hydrogens (tertiary/aromatic N) is 1. The maximum atomic E-state index is 12.5. The minimum absolute atomic E-state index is 0.180. The van der Waals surface area contributed by atoms with Gasteiger partial charge in [-0.05, 0) is 55.9 Å². The summed E-state index contributed by atoms with van der Waals surface area (Å²) >= 11 is 0. The molecule has 5 heteroatoms. The lowest BCUT2D eigenvalue weighted by Crippen LogP contribution is -2.26. The van der Waals surface area contributed by atoms with Crippen LogP contribution < -0.4 is 5.56 Å². The van der Waals surface area contributed by atoms with Gasteiger partial charge in [0.15, 0.2) is 0 Å². The maximum absolute atomic E-state index is 12.5. The first-order chi connectivity index (χ1) is 11.5. The van der Waals surface area contributed by atoms with Crippen molar-refractivity contribution >= 4 is 5.97 Å². The van der Waals surface area contributed by atoms with Gasteiger partial charge in [-0.15, -0.1) is 0 Å². The summed E-state index contributed by atoms with van der Waals surface area (Å²) in [6.45, 7) is 3.46. The van der Waals surface area contributed by atoms with Crippen molar-refractivity contribution in [3.63, 3.8) is 0 Å². The highest BCUT2D eigenvalue weighted by Crippen LogP contribution is 2.20. The molecule has 0 atom stereocenters. The Kier molecular flexibility index (Phi) is 4.81. The molecule has 2 aromatic rings. The molecule has 0 spiro atoms. The average Bonchev–Trinajstić information content (AvgIpc) is 2.58. The van der Waals surface area contributed by atoms with Gasteiger partial charge < -0.3 is 9.84 Å². The molecule has 1 aliphatic heterocycles. The van der Waals surface area contributed by atoms with Crippen molar-refractivity contribution in [2.24, 2.45) is 5.92 Å². The number of aromatic nitrogens is 1. The van der Waals surface area contributed by atoms with Crippen LogP contribution in [0, 0.1) is 12.8 Å². The van der Waals surface area contributed by atoms with E-state index in [-0.39, 0.29) is 5.56 Å². The molecule has 0 aliphatic carbocycles. The molecule has 126 valence electrons. The van der Waals surface area contributed by atoms with E-state index in [1.165, 1.54) is 10.6 Å². The molecule has 0 unspecified atom stereocenters. The lowest BCUT2D eigenvalue weighted by atomic mass is 9.92. The molecule has 1 aromatic carbocycles. The Bertz CT molecular complexity index is 786. The fourth-order valence-corrected chi connectivity index (χ4v) is 3.08.